The quantitative estimate of drug-likeness (QED) is 0.652. The first-order chi connectivity index (χ1) is 11.8. The van der Waals surface area contributed by atoms with Crippen molar-refractivity contribution in [2.24, 2.45) is 0 Å². The molecule has 0 unspecified atom stereocenters. The van der Waals surface area contributed by atoms with E-state index in [9.17, 15) is 23.1 Å². The van der Waals surface area contributed by atoms with Gasteiger partial charge in [0.15, 0.2) is 5.15 Å². The number of hydrogen-bond acceptors (Lipinski definition) is 4. The van der Waals surface area contributed by atoms with E-state index in [0.29, 0.717) is 0 Å². The van der Waals surface area contributed by atoms with Crippen molar-refractivity contribution in [2.75, 3.05) is 5.32 Å². The molecule has 0 aliphatic carbocycles. The Balaban J connectivity index is 0.00000243. The monoisotopic (exact) mass is 389 g/mol. The number of anilines is 1. The van der Waals surface area contributed by atoms with Gasteiger partial charge in [0.1, 0.15) is 0 Å². The van der Waals surface area contributed by atoms with Gasteiger partial charge in [0, 0.05) is 22.5 Å². The van der Waals surface area contributed by atoms with Crippen molar-refractivity contribution in [3.63, 3.8) is 0 Å². The van der Waals surface area contributed by atoms with Crippen LogP contribution in [0.3, 0.4) is 0 Å². The molecule has 3 rings (SSSR count). The number of fused-ring (bicyclic) bond motifs is 1. The molecule has 10 heteroatoms. The molecule has 0 spiro atoms. The van der Waals surface area contributed by atoms with Crippen molar-refractivity contribution in [1.29, 1.82) is 0 Å². The molecule has 1 heterocycles. The number of carbonyl (C=O) groups is 1. The number of benzene rings is 2. The first-order valence-corrected chi connectivity index (χ1v) is 7.25. The van der Waals surface area contributed by atoms with E-state index in [4.69, 9.17) is 11.6 Å². The molecule has 1 amide bonds. The standard InChI is InChI=1S/C16H9ClF3N3O2.Na/c17-13-12-7-8(1-6-11(12)15(25)23-22-13)14(24)21-10-4-2-9(3-5-10)16(18,19)20;/h1-7H,(H,21,24)(H,23,25);/q;+1/p-1. The molecule has 1 N–H and O–H groups in total. The predicted octanol–water partition coefficient (Wildman–Crippen LogP) is 0.632. The van der Waals surface area contributed by atoms with Gasteiger partial charge in [-0.1, -0.05) is 17.7 Å². The van der Waals surface area contributed by atoms with E-state index in [0.717, 1.165) is 24.3 Å². The van der Waals surface area contributed by atoms with Crippen LogP contribution in [0.5, 0.6) is 5.88 Å². The summed E-state index contributed by atoms with van der Waals surface area (Å²) in [7, 11) is 0. The fourth-order valence-electron chi connectivity index (χ4n) is 2.19. The van der Waals surface area contributed by atoms with Gasteiger partial charge < -0.3 is 10.4 Å². The molecular weight excluding hydrogens is 382 g/mol. The smallest absolute Gasteiger partial charge is 0.857 e. The molecule has 1 aromatic heterocycles. The van der Waals surface area contributed by atoms with E-state index in [-0.39, 0.29) is 56.7 Å². The van der Waals surface area contributed by atoms with Gasteiger partial charge in [0.25, 0.3) is 5.91 Å². The molecule has 0 aliphatic rings. The van der Waals surface area contributed by atoms with Gasteiger partial charge in [-0.2, -0.15) is 18.3 Å². The van der Waals surface area contributed by atoms with Crippen LogP contribution >= 0.6 is 11.6 Å². The Morgan fingerprint density at radius 3 is 2.31 bits per heavy atom. The summed E-state index contributed by atoms with van der Waals surface area (Å²) >= 11 is 5.88. The van der Waals surface area contributed by atoms with Crippen LogP contribution in [0.2, 0.25) is 5.15 Å². The third-order valence-electron chi connectivity index (χ3n) is 3.43. The number of aromatic nitrogens is 2. The Bertz CT molecular complexity index is 965. The fourth-order valence-corrected chi connectivity index (χ4v) is 2.38. The minimum absolute atomic E-state index is 0. The molecular formula is C16H8ClF3N3NaO2. The summed E-state index contributed by atoms with van der Waals surface area (Å²) in [6.45, 7) is 0. The van der Waals surface area contributed by atoms with Crippen molar-refractivity contribution in [2.45, 2.75) is 6.18 Å². The van der Waals surface area contributed by atoms with E-state index in [1.165, 1.54) is 18.2 Å². The number of rotatable bonds is 2. The molecule has 0 saturated heterocycles. The van der Waals surface area contributed by atoms with Crippen LogP contribution in [0.1, 0.15) is 15.9 Å². The van der Waals surface area contributed by atoms with Crippen LogP contribution in [0, 0.1) is 0 Å². The minimum atomic E-state index is -4.45. The second kappa shape index (κ2) is 7.79. The van der Waals surface area contributed by atoms with E-state index in [1.54, 1.807) is 0 Å². The first kappa shape index (κ1) is 20.4. The van der Waals surface area contributed by atoms with E-state index >= 15 is 0 Å². The second-order valence-electron chi connectivity index (χ2n) is 5.09. The minimum Gasteiger partial charge on any atom is -0.857 e. The van der Waals surface area contributed by atoms with Gasteiger partial charge in [-0.05, 0) is 41.8 Å². The Labute approximate surface area is 172 Å². The number of alkyl halides is 3. The van der Waals surface area contributed by atoms with Crippen LogP contribution in [0.15, 0.2) is 42.5 Å². The zero-order valence-electron chi connectivity index (χ0n) is 13.3. The van der Waals surface area contributed by atoms with Crippen LogP contribution < -0.4 is 40.0 Å². The summed E-state index contributed by atoms with van der Waals surface area (Å²) < 4.78 is 37.6. The predicted molar refractivity (Wildman–Crippen MR) is 83.4 cm³/mol. The van der Waals surface area contributed by atoms with E-state index in [2.05, 4.69) is 15.5 Å². The van der Waals surface area contributed by atoms with Gasteiger partial charge in [0.2, 0.25) is 0 Å². The summed E-state index contributed by atoms with van der Waals surface area (Å²) in [5.74, 6) is -1.14. The summed E-state index contributed by atoms with van der Waals surface area (Å²) in [4.78, 5) is 12.2. The summed E-state index contributed by atoms with van der Waals surface area (Å²) in [6, 6.07) is 8.18. The van der Waals surface area contributed by atoms with E-state index in [1.807, 2.05) is 0 Å². The third kappa shape index (κ3) is 4.27. The van der Waals surface area contributed by atoms with Gasteiger partial charge in [-0.25, -0.2) is 0 Å². The molecule has 5 nitrogen and oxygen atoms in total. The Morgan fingerprint density at radius 2 is 1.69 bits per heavy atom. The van der Waals surface area contributed by atoms with Crippen LogP contribution in [0.25, 0.3) is 10.8 Å². The molecule has 0 fully saturated rings. The molecule has 3 aromatic rings. The summed E-state index contributed by atoms with van der Waals surface area (Å²) in [5.41, 5.74) is -0.451. The van der Waals surface area contributed by atoms with Crippen molar-refractivity contribution in [3.8, 4) is 5.88 Å². The van der Waals surface area contributed by atoms with Gasteiger partial charge >= 0.3 is 35.7 Å². The van der Waals surface area contributed by atoms with Gasteiger partial charge in [-0.3, -0.25) is 4.79 Å². The molecule has 0 radical (unpaired) electrons. The van der Waals surface area contributed by atoms with Crippen LogP contribution in [-0.2, 0) is 6.18 Å². The van der Waals surface area contributed by atoms with Gasteiger partial charge in [0.05, 0.1) is 5.56 Å². The van der Waals surface area contributed by atoms with E-state index < -0.39 is 23.5 Å². The molecule has 0 saturated carbocycles. The summed E-state index contributed by atoms with van der Waals surface area (Å²) in [5, 5.41) is 21.3. The Hall–Kier alpha value is -1.87. The number of halogens is 4. The van der Waals surface area contributed by atoms with Crippen LogP contribution in [-0.4, -0.2) is 16.1 Å². The van der Waals surface area contributed by atoms with Crippen molar-refractivity contribution >= 4 is 34.0 Å². The largest absolute Gasteiger partial charge is 1.00 e. The first-order valence-electron chi connectivity index (χ1n) is 6.87. The number of nitrogens with one attached hydrogen (secondary N) is 1. The third-order valence-corrected chi connectivity index (χ3v) is 3.71. The number of hydrogen-bond donors (Lipinski definition) is 1. The zero-order valence-corrected chi connectivity index (χ0v) is 16.0. The SMILES string of the molecule is O=C(Nc1ccc(C(F)(F)F)cc1)c1ccc2c([O-])nnc(Cl)c2c1.[Na+]. The number of amides is 1. The average Bonchev–Trinajstić information content (AvgIpc) is 2.57. The molecule has 128 valence electrons. The fraction of sp³-hybridized carbons (Fsp3) is 0.0625. The topological polar surface area (TPSA) is 77.9 Å². The Morgan fingerprint density at radius 1 is 1.04 bits per heavy atom. The van der Waals surface area contributed by atoms with Crippen molar-refractivity contribution < 1.29 is 52.6 Å². The van der Waals surface area contributed by atoms with Crippen LogP contribution in [0.4, 0.5) is 18.9 Å². The molecule has 0 aliphatic heterocycles. The maximum atomic E-state index is 12.5. The van der Waals surface area contributed by atoms with Gasteiger partial charge in [-0.15, -0.1) is 5.10 Å². The number of carbonyl (C=O) groups excluding carboxylic acids is 1. The Kier molecular flexibility index (Phi) is 6.13. The summed E-state index contributed by atoms with van der Waals surface area (Å²) in [6.07, 6.45) is -4.45. The zero-order chi connectivity index (χ0) is 18.2. The maximum absolute atomic E-state index is 12.5. The molecule has 26 heavy (non-hydrogen) atoms. The maximum Gasteiger partial charge on any atom is 1.00 e. The average molecular weight is 390 g/mol. The van der Waals surface area contributed by atoms with Crippen molar-refractivity contribution in [3.05, 3.63) is 58.7 Å². The second-order valence-corrected chi connectivity index (χ2v) is 5.44. The number of nitrogens with zero attached hydrogens (tertiary/aromatic N) is 2. The molecule has 0 atom stereocenters. The normalized spacial score (nSPS) is 11.1. The molecule has 2 aromatic carbocycles. The van der Waals surface area contributed by atoms with Crippen molar-refractivity contribution in [1.82, 2.24) is 10.2 Å². The molecule has 0 bridgehead atoms.